The Morgan fingerprint density at radius 2 is 2.19 bits per heavy atom. The minimum Gasteiger partial charge on any atom is -0.444 e. The molecule has 1 amide bonds. The molecule has 1 aliphatic heterocycles. The van der Waals surface area contributed by atoms with Gasteiger partial charge in [0, 0.05) is 25.2 Å². The van der Waals surface area contributed by atoms with E-state index in [2.05, 4.69) is 9.88 Å². The molecule has 1 atom stereocenters. The van der Waals surface area contributed by atoms with Crippen molar-refractivity contribution in [1.82, 2.24) is 9.88 Å². The summed E-state index contributed by atoms with van der Waals surface area (Å²) in [5, 5.41) is 10.8. The van der Waals surface area contributed by atoms with Gasteiger partial charge in [0.15, 0.2) is 6.20 Å². The Morgan fingerprint density at radius 3 is 2.74 bits per heavy atom. The van der Waals surface area contributed by atoms with Crippen molar-refractivity contribution in [2.75, 3.05) is 31.1 Å². The molecule has 3 rings (SSSR count). The summed E-state index contributed by atoms with van der Waals surface area (Å²) in [4.78, 5) is 30.5. The second kappa shape index (κ2) is 7.67. The van der Waals surface area contributed by atoms with E-state index in [1.807, 2.05) is 20.8 Å². The molecule has 1 aliphatic carbocycles. The molecular weight excluding hydrogens is 352 g/mol. The summed E-state index contributed by atoms with van der Waals surface area (Å²) in [5.74, 6) is -0.173. The highest BCUT2D eigenvalue weighted by Crippen LogP contribution is 2.29. The minimum atomic E-state index is -0.534. The lowest BCUT2D eigenvalue weighted by molar-refractivity contribution is -0.389. The molecule has 0 bridgehead atoms. The van der Waals surface area contributed by atoms with Crippen LogP contribution in [0.3, 0.4) is 0 Å². The molecule has 0 aromatic carbocycles. The van der Waals surface area contributed by atoms with E-state index in [4.69, 9.17) is 9.47 Å². The Bertz CT molecular complexity index is 684. The Morgan fingerprint density at radius 1 is 1.44 bits per heavy atom. The number of ether oxygens (including phenoxy) is 2. The lowest BCUT2D eigenvalue weighted by atomic mass is 10.2. The van der Waals surface area contributed by atoms with Crippen molar-refractivity contribution in [3.63, 3.8) is 0 Å². The average molecular weight is 378 g/mol. The van der Waals surface area contributed by atoms with Gasteiger partial charge in [-0.1, -0.05) is 0 Å². The number of hydrogen-bond donors (Lipinski definition) is 0. The highest BCUT2D eigenvalue weighted by molar-refractivity contribution is 5.69. The number of nitro groups is 1. The van der Waals surface area contributed by atoms with Gasteiger partial charge in [-0.3, -0.25) is 0 Å². The summed E-state index contributed by atoms with van der Waals surface area (Å²) in [7, 11) is 0. The van der Waals surface area contributed by atoms with E-state index in [-0.39, 0.29) is 24.1 Å². The van der Waals surface area contributed by atoms with E-state index in [9.17, 15) is 14.9 Å². The Hall–Kier alpha value is -2.42. The summed E-state index contributed by atoms with van der Waals surface area (Å²) in [5.41, 5.74) is 0.276. The third kappa shape index (κ3) is 5.29. The lowest BCUT2D eigenvalue weighted by Gasteiger charge is -2.37. The average Bonchev–Trinajstić information content (AvgIpc) is 3.43. The van der Waals surface area contributed by atoms with Crippen LogP contribution >= 0.6 is 0 Å². The van der Waals surface area contributed by atoms with Crippen molar-refractivity contribution < 1.29 is 19.2 Å². The normalized spacial score (nSPS) is 20.3. The molecule has 1 saturated carbocycles. The van der Waals surface area contributed by atoms with Crippen LogP contribution in [-0.4, -0.2) is 64.9 Å². The number of rotatable bonds is 5. The van der Waals surface area contributed by atoms with Gasteiger partial charge in [-0.15, -0.1) is 0 Å². The standard InChI is InChI=1S/C18H26N4O5/c1-18(2,3)27-17(23)21(13-4-5-13)12-15-11-20(8-9-26-15)14-6-7-16(19-10-14)22(24)25/h6-7,10,13,15H,4-5,8-9,11-12H2,1-3H3. The number of pyridine rings is 1. The molecule has 9 nitrogen and oxygen atoms in total. The predicted molar refractivity (Wildman–Crippen MR) is 98.8 cm³/mol. The molecule has 1 aromatic rings. The van der Waals surface area contributed by atoms with Gasteiger partial charge in [0.25, 0.3) is 0 Å². The molecule has 2 fully saturated rings. The molecule has 2 aliphatic rings. The SMILES string of the molecule is CC(C)(C)OC(=O)N(CC1CN(c2ccc([N+](=O)[O-])nc2)CCO1)C1CC1. The first-order chi connectivity index (χ1) is 12.7. The summed E-state index contributed by atoms with van der Waals surface area (Å²) in [6.07, 6.45) is 3.03. The van der Waals surface area contributed by atoms with E-state index >= 15 is 0 Å². The number of carbonyl (C=O) groups excluding carboxylic acids is 1. The van der Waals surface area contributed by atoms with Gasteiger partial charge in [-0.05, 0) is 49.6 Å². The first-order valence-corrected chi connectivity index (χ1v) is 9.19. The van der Waals surface area contributed by atoms with Crippen LogP contribution in [0.15, 0.2) is 18.3 Å². The van der Waals surface area contributed by atoms with Crippen molar-refractivity contribution in [3.05, 3.63) is 28.4 Å². The molecular formula is C18H26N4O5. The number of carbonyl (C=O) groups is 1. The van der Waals surface area contributed by atoms with Crippen molar-refractivity contribution >= 4 is 17.6 Å². The zero-order valence-corrected chi connectivity index (χ0v) is 16.0. The lowest BCUT2D eigenvalue weighted by Crippen LogP contribution is -2.50. The number of nitrogens with zero attached hydrogens (tertiary/aromatic N) is 4. The molecule has 0 radical (unpaired) electrons. The van der Waals surface area contributed by atoms with Gasteiger partial charge in [0.1, 0.15) is 5.60 Å². The predicted octanol–water partition coefficient (Wildman–Crippen LogP) is 2.59. The molecule has 148 valence electrons. The van der Waals surface area contributed by atoms with E-state index in [1.165, 1.54) is 12.3 Å². The van der Waals surface area contributed by atoms with Gasteiger partial charge < -0.3 is 29.4 Å². The first-order valence-electron chi connectivity index (χ1n) is 9.19. The summed E-state index contributed by atoms with van der Waals surface area (Å²) in [6, 6.07) is 3.32. The molecule has 1 saturated heterocycles. The maximum atomic E-state index is 12.5. The van der Waals surface area contributed by atoms with E-state index in [0.717, 1.165) is 18.5 Å². The Kier molecular flexibility index (Phi) is 5.50. The van der Waals surface area contributed by atoms with Crippen LogP contribution < -0.4 is 4.90 Å². The fourth-order valence-electron chi connectivity index (χ4n) is 3.04. The maximum Gasteiger partial charge on any atom is 0.410 e. The third-order valence-electron chi connectivity index (χ3n) is 4.44. The summed E-state index contributed by atoms with van der Waals surface area (Å²) < 4.78 is 11.4. The van der Waals surface area contributed by atoms with E-state index < -0.39 is 10.5 Å². The number of hydrogen-bond acceptors (Lipinski definition) is 7. The molecule has 0 spiro atoms. The summed E-state index contributed by atoms with van der Waals surface area (Å²) in [6.45, 7) is 7.82. The second-order valence-electron chi connectivity index (χ2n) is 7.93. The van der Waals surface area contributed by atoms with Crippen molar-refractivity contribution in [3.8, 4) is 0 Å². The van der Waals surface area contributed by atoms with Gasteiger partial charge in [0.05, 0.1) is 24.9 Å². The largest absolute Gasteiger partial charge is 0.444 e. The van der Waals surface area contributed by atoms with Gasteiger partial charge in [-0.2, -0.15) is 0 Å². The van der Waals surface area contributed by atoms with Crippen LogP contribution in [0.1, 0.15) is 33.6 Å². The second-order valence-corrected chi connectivity index (χ2v) is 7.93. The molecule has 0 N–H and O–H groups in total. The topological polar surface area (TPSA) is 98.0 Å². The van der Waals surface area contributed by atoms with Crippen LogP contribution in [0.25, 0.3) is 0 Å². The fraction of sp³-hybridized carbons (Fsp3) is 0.667. The maximum absolute atomic E-state index is 12.5. The zero-order chi connectivity index (χ0) is 19.6. The number of amides is 1. The first kappa shape index (κ1) is 19.3. The van der Waals surface area contributed by atoms with Gasteiger partial charge in [-0.25, -0.2) is 4.79 Å². The Labute approximate surface area is 158 Å². The van der Waals surface area contributed by atoms with Crippen LogP contribution in [0.2, 0.25) is 0 Å². The van der Waals surface area contributed by atoms with Crippen molar-refractivity contribution in [1.29, 1.82) is 0 Å². The van der Waals surface area contributed by atoms with Crippen LogP contribution in [0, 0.1) is 10.1 Å². The van der Waals surface area contributed by atoms with Gasteiger partial charge in [0.2, 0.25) is 0 Å². The molecule has 9 heteroatoms. The fourth-order valence-corrected chi connectivity index (χ4v) is 3.04. The van der Waals surface area contributed by atoms with E-state index in [1.54, 1.807) is 11.0 Å². The van der Waals surface area contributed by atoms with Crippen LogP contribution in [0.5, 0.6) is 0 Å². The van der Waals surface area contributed by atoms with Crippen molar-refractivity contribution in [2.45, 2.75) is 51.4 Å². The van der Waals surface area contributed by atoms with Crippen molar-refractivity contribution in [2.24, 2.45) is 0 Å². The highest BCUT2D eigenvalue weighted by Gasteiger charge is 2.37. The highest BCUT2D eigenvalue weighted by atomic mass is 16.6. The van der Waals surface area contributed by atoms with Crippen LogP contribution in [-0.2, 0) is 9.47 Å². The summed E-state index contributed by atoms with van der Waals surface area (Å²) >= 11 is 0. The molecule has 27 heavy (non-hydrogen) atoms. The number of aromatic nitrogens is 1. The smallest absolute Gasteiger partial charge is 0.410 e. The van der Waals surface area contributed by atoms with Crippen LogP contribution in [0.4, 0.5) is 16.3 Å². The van der Waals surface area contributed by atoms with E-state index in [0.29, 0.717) is 26.2 Å². The number of morpholine rings is 1. The zero-order valence-electron chi connectivity index (χ0n) is 16.0. The minimum absolute atomic E-state index is 0.151. The quantitative estimate of drug-likeness (QED) is 0.574. The third-order valence-corrected chi connectivity index (χ3v) is 4.44. The van der Waals surface area contributed by atoms with Gasteiger partial charge >= 0.3 is 11.9 Å². The molecule has 2 heterocycles. The molecule has 1 unspecified atom stereocenters. The monoisotopic (exact) mass is 378 g/mol. The number of anilines is 1. The molecule has 1 aromatic heterocycles. The Balaban J connectivity index is 1.62.